The van der Waals surface area contributed by atoms with E-state index in [-0.39, 0.29) is 5.91 Å². The number of fused-ring (bicyclic) bond motifs is 1. The number of hydrogen-bond donors (Lipinski definition) is 1. The van der Waals surface area contributed by atoms with Crippen LogP contribution >= 0.6 is 11.6 Å². The highest BCUT2D eigenvalue weighted by Gasteiger charge is 2.15. The Balaban J connectivity index is 1.34. The number of aryl methyl sites for hydroxylation is 1. The molecule has 0 aliphatic carbocycles. The molecular weight excluding hydrogens is 442 g/mol. The SMILES string of the molecule is COc1ccc(CCNC(=O)c2ccc(Oc3cc4c(cc3Cl)CCCO4)cc2)c(OC)c1. The Morgan fingerprint density at radius 2 is 1.79 bits per heavy atom. The van der Waals surface area contributed by atoms with Crippen LogP contribution in [-0.2, 0) is 12.8 Å². The van der Waals surface area contributed by atoms with Gasteiger partial charge in [-0.25, -0.2) is 0 Å². The predicted octanol–water partition coefficient (Wildman–Crippen LogP) is 5.45. The molecule has 1 aliphatic heterocycles. The van der Waals surface area contributed by atoms with E-state index in [0.717, 1.165) is 41.2 Å². The van der Waals surface area contributed by atoms with E-state index in [1.54, 1.807) is 38.5 Å². The lowest BCUT2D eigenvalue weighted by molar-refractivity contribution is 0.0954. The average Bonchev–Trinajstić information content (AvgIpc) is 2.85. The molecule has 0 fully saturated rings. The summed E-state index contributed by atoms with van der Waals surface area (Å²) >= 11 is 6.38. The van der Waals surface area contributed by atoms with E-state index in [1.165, 1.54) is 0 Å². The van der Waals surface area contributed by atoms with E-state index in [2.05, 4.69) is 5.32 Å². The Morgan fingerprint density at radius 1 is 1.00 bits per heavy atom. The van der Waals surface area contributed by atoms with Crippen LogP contribution in [0.5, 0.6) is 28.7 Å². The Bertz CT molecular complexity index is 1130. The van der Waals surface area contributed by atoms with E-state index in [9.17, 15) is 4.79 Å². The molecule has 1 N–H and O–H groups in total. The van der Waals surface area contributed by atoms with Gasteiger partial charge in [0.05, 0.1) is 25.8 Å². The number of methoxy groups -OCH3 is 2. The van der Waals surface area contributed by atoms with Crippen molar-refractivity contribution in [1.82, 2.24) is 5.32 Å². The van der Waals surface area contributed by atoms with Gasteiger partial charge in [-0.3, -0.25) is 4.79 Å². The summed E-state index contributed by atoms with van der Waals surface area (Å²) in [6.45, 7) is 1.17. The molecule has 0 spiro atoms. The molecule has 0 atom stereocenters. The van der Waals surface area contributed by atoms with Gasteiger partial charge in [-0.15, -0.1) is 0 Å². The zero-order valence-corrected chi connectivity index (χ0v) is 19.4. The molecule has 0 saturated heterocycles. The second-order valence-corrected chi connectivity index (χ2v) is 8.06. The maximum absolute atomic E-state index is 12.5. The summed E-state index contributed by atoms with van der Waals surface area (Å²) in [5.74, 6) is 3.23. The molecule has 1 heterocycles. The van der Waals surface area contributed by atoms with Crippen LogP contribution < -0.4 is 24.3 Å². The number of benzene rings is 3. The maximum Gasteiger partial charge on any atom is 0.251 e. The van der Waals surface area contributed by atoms with Crippen LogP contribution in [-0.4, -0.2) is 33.3 Å². The van der Waals surface area contributed by atoms with Gasteiger partial charge >= 0.3 is 0 Å². The fraction of sp³-hybridized carbons (Fsp3) is 0.269. The molecule has 3 aromatic rings. The van der Waals surface area contributed by atoms with E-state index >= 15 is 0 Å². The quantitative estimate of drug-likeness (QED) is 0.477. The van der Waals surface area contributed by atoms with Gasteiger partial charge in [-0.05, 0) is 66.8 Å². The van der Waals surface area contributed by atoms with E-state index < -0.39 is 0 Å². The van der Waals surface area contributed by atoms with Crippen LogP contribution in [0.3, 0.4) is 0 Å². The Morgan fingerprint density at radius 3 is 2.55 bits per heavy atom. The summed E-state index contributed by atoms with van der Waals surface area (Å²) in [4.78, 5) is 12.5. The zero-order chi connectivity index (χ0) is 23.2. The van der Waals surface area contributed by atoms with Gasteiger partial charge in [0.1, 0.15) is 28.7 Å². The second kappa shape index (κ2) is 10.5. The minimum Gasteiger partial charge on any atom is -0.497 e. The normalized spacial score (nSPS) is 12.3. The number of nitrogens with one attached hydrogen (secondary N) is 1. The summed E-state index contributed by atoms with van der Waals surface area (Å²) in [5.41, 5.74) is 2.63. The van der Waals surface area contributed by atoms with Crippen molar-refractivity contribution in [3.63, 3.8) is 0 Å². The van der Waals surface area contributed by atoms with Crippen molar-refractivity contribution in [2.24, 2.45) is 0 Å². The van der Waals surface area contributed by atoms with E-state index in [0.29, 0.717) is 41.7 Å². The lowest BCUT2D eigenvalue weighted by Crippen LogP contribution is -2.25. The van der Waals surface area contributed by atoms with E-state index in [4.69, 9.17) is 30.5 Å². The van der Waals surface area contributed by atoms with Crippen molar-refractivity contribution < 1.29 is 23.7 Å². The van der Waals surface area contributed by atoms with Gasteiger partial charge in [-0.2, -0.15) is 0 Å². The summed E-state index contributed by atoms with van der Waals surface area (Å²) in [6.07, 6.45) is 2.57. The third kappa shape index (κ3) is 5.52. The lowest BCUT2D eigenvalue weighted by Gasteiger charge is -2.19. The fourth-order valence-corrected chi connectivity index (χ4v) is 3.93. The van der Waals surface area contributed by atoms with Crippen LogP contribution in [0.4, 0.5) is 0 Å². The van der Waals surface area contributed by atoms with Crippen molar-refractivity contribution in [1.29, 1.82) is 0 Å². The number of ether oxygens (including phenoxy) is 4. The molecule has 7 heteroatoms. The minimum atomic E-state index is -0.158. The number of rotatable bonds is 8. The first kappa shape index (κ1) is 22.8. The van der Waals surface area contributed by atoms with Gasteiger partial charge in [0.2, 0.25) is 0 Å². The van der Waals surface area contributed by atoms with Crippen LogP contribution in [0.2, 0.25) is 5.02 Å². The minimum absolute atomic E-state index is 0.158. The molecule has 4 rings (SSSR count). The largest absolute Gasteiger partial charge is 0.497 e. The molecule has 1 amide bonds. The van der Waals surface area contributed by atoms with Gasteiger partial charge in [0.25, 0.3) is 5.91 Å². The molecule has 3 aromatic carbocycles. The maximum atomic E-state index is 12.5. The Hall–Kier alpha value is -3.38. The lowest BCUT2D eigenvalue weighted by atomic mass is 10.1. The number of hydrogen-bond acceptors (Lipinski definition) is 5. The number of halogens is 1. The average molecular weight is 468 g/mol. The first-order valence-corrected chi connectivity index (χ1v) is 11.2. The van der Waals surface area contributed by atoms with Gasteiger partial charge in [0, 0.05) is 24.2 Å². The molecule has 0 bridgehead atoms. The van der Waals surface area contributed by atoms with Crippen molar-refractivity contribution in [3.8, 4) is 28.7 Å². The molecule has 1 aliphatic rings. The van der Waals surface area contributed by atoms with Gasteiger partial charge < -0.3 is 24.3 Å². The summed E-state index contributed by atoms with van der Waals surface area (Å²) in [7, 11) is 3.23. The molecule has 0 unspecified atom stereocenters. The van der Waals surface area contributed by atoms with Crippen molar-refractivity contribution in [3.05, 3.63) is 76.3 Å². The number of carbonyl (C=O) groups is 1. The van der Waals surface area contributed by atoms with Crippen LogP contribution in [0.25, 0.3) is 0 Å². The zero-order valence-electron chi connectivity index (χ0n) is 18.7. The van der Waals surface area contributed by atoms with Crippen molar-refractivity contribution >= 4 is 17.5 Å². The second-order valence-electron chi connectivity index (χ2n) is 7.65. The smallest absolute Gasteiger partial charge is 0.251 e. The Labute approximate surface area is 198 Å². The van der Waals surface area contributed by atoms with Crippen molar-refractivity contribution in [2.75, 3.05) is 27.4 Å². The Kier molecular flexibility index (Phi) is 7.25. The standard InChI is InChI=1S/C26H26ClNO5/c1-30-21-10-5-17(23(15-21)31-2)11-12-28-26(29)18-6-8-20(9-7-18)33-25-16-24-19(14-22(25)27)4-3-13-32-24/h5-10,14-16H,3-4,11-13H2,1-2H3,(H,28,29). The molecule has 33 heavy (non-hydrogen) atoms. The molecular formula is C26H26ClNO5. The highest BCUT2D eigenvalue weighted by Crippen LogP contribution is 2.37. The summed E-state index contributed by atoms with van der Waals surface area (Å²) < 4.78 is 22.2. The topological polar surface area (TPSA) is 66.0 Å². The molecule has 0 radical (unpaired) electrons. The fourth-order valence-electron chi connectivity index (χ4n) is 3.70. The highest BCUT2D eigenvalue weighted by atomic mass is 35.5. The molecule has 6 nitrogen and oxygen atoms in total. The first-order valence-electron chi connectivity index (χ1n) is 10.8. The summed E-state index contributed by atoms with van der Waals surface area (Å²) in [5, 5.41) is 3.47. The highest BCUT2D eigenvalue weighted by molar-refractivity contribution is 6.32. The van der Waals surface area contributed by atoms with Gasteiger partial charge in [0.15, 0.2) is 0 Å². The molecule has 0 aromatic heterocycles. The monoisotopic (exact) mass is 467 g/mol. The van der Waals surface area contributed by atoms with Crippen LogP contribution in [0, 0.1) is 0 Å². The van der Waals surface area contributed by atoms with Crippen LogP contribution in [0.1, 0.15) is 27.9 Å². The number of amides is 1. The summed E-state index contributed by atoms with van der Waals surface area (Å²) in [6, 6.07) is 16.3. The van der Waals surface area contributed by atoms with Gasteiger partial charge in [-0.1, -0.05) is 17.7 Å². The molecule has 172 valence electrons. The molecule has 0 saturated carbocycles. The van der Waals surface area contributed by atoms with Crippen molar-refractivity contribution in [2.45, 2.75) is 19.3 Å². The predicted molar refractivity (Wildman–Crippen MR) is 127 cm³/mol. The van der Waals surface area contributed by atoms with Crippen LogP contribution in [0.15, 0.2) is 54.6 Å². The third-order valence-electron chi connectivity index (χ3n) is 5.48. The third-order valence-corrected chi connectivity index (χ3v) is 5.78. The number of carbonyl (C=O) groups excluding carboxylic acids is 1. The van der Waals surface area contributed by atoms with E-state index in [1.807, 2.05) is 30.3 Å². The first-order chi connectivity index (χ1) is 16.1.